The molecule has 0 aromatic heterocycles. The minimum absolute atomic E-state index is 0.0934. The van der Waals surface area contributed by atoms with Crippen molar-refractivity contribution in [2.24, 2.45) is 5.10 Å². The van der Waals surface area contributed by atoms with Gasteiger partial charge >= 0.3 is 0 Å². The number of phenols is 1. The van der Waals surface area contributed by atoms with E-state index in [-0.39, 0.29) is 11.8 Å². The summed E-state index contributed by atoms with van der Waals surface area (Å²) in [6.07, 6.45) is 0.363. The maximum absolute atomic E-state index is 10.4. The van der Waals surface area contributed by atoms with E-state index in [4.69, 9.17) is 9.84 Å². The number of benzene rings is 3. The Labute approximate surface area is 158 Å². The van der Waals surface area contributed by atoms with E-state index in [1.807, 2.05) is 41.4 Å². The zero-order chi connectivity index (χ0) is 18.4. The zero-order valence-corrected chi connectivity index (χ0v) is 15.0. The Morgan fingerprint density at radius 2 is 1.63 bits per heavy atom. The predicted molar refractivity (Wildman–Crippen MR) is 105 cm³/mol. The van der Waals surface area contributed by atoms with Gasteiger partial charge in [0.15, 0.2) is 0 Å². The number of aromatic hydroxyl groups is 1. The van der Waals surface area contributed by atoms with Crippen LogP contribution < -0.4 is 4.74 Å². The van der Waals surface area contributed by atoms with Crippen LogP contribution in [0.2, 0.25) is 0 Å². The molecule has 0 unspecified atom stereocenters. The second-order valence-corrected chi connectivity index (χ2v) is 7.08. The Bertz CT molecular complexity index is 1030. The molecule has 4 heteroatoms. The van der Waals surface area contributed by atoms with E-state index in [1.165, 1.54) is 5.56 Å². The van der Waals surface area contributed by atoms with Gasteiger partial charge in [0.05, 0.1) is 17.3 Å². The van der Waals surface area contributed by atoms with Crippen molar-refractivity contribution in [3.05, 3.63) is 95.1 Å². The molecule has 134 valence electrons. The molecular weight excluding hydrogens is 336 g/mol. The Balaban J connectivity index is 1.61. The summed E-state index contributed by atoms with van der Waals surface area (Å²) in [5, 5.41) is 17.3. The van der Waals surface area contributed by atoms with E-state index < -0.39 is 6.23 Å². The van der Waals surface area contributed by atoms with Crippen LogP contribution in [-0.2, 0) is 0 Å². The highest BCUT2D eigenvalue weighted by Gasteiger charge is 2.41. The first-order chi connectivity index (χ1) is 13.2. The number of fused-ring (bicyclic) bond motifs is 3. The average Bonchev–Trinajstić information content (AvgIpc) is 3.14. The van der Waals surface area contributed by atoms with Gasteiger partial charge in [-0.3, -0.25) is 0 Å². The van der Waals surface area contributed by atoms with Crippen LogP contribution in [0.1, 0.15) is 40.9 Å². The molecule has 2 atom stereocenters. The summed E-state index contributed by atoms with van der Waals surface area (Å²) in [5.74, 6) is 1.08. The number of hydrogen-bond donors (Lipinski definition) is 1. The van der Waals surface area contributed by atoms with E-state index in [1.54, 1.807) is 6.07 Å². The number of aryl methyl sites for hydroxylation is 1. The Kier molecular flexibility index (Phi) is 3.64. The molecule has 4 nitrogen and oxygen atoms in total. The van der Waals surface area contributed by atoms with E-state index >= 15 is 0 Å². The van der Waals surface area contributed by atoms with Crippen molar-refractivity contribution in [3.8, 4) is 11.5 Å². The fourth-order valence-corrected chi connectivity index (χ4v) is 3.86. The van der Waals surface area contributed by atoms with Gasteiger partial charge < -0.3 is 9.84 Å². The third kappa shape index (κ3) is 2.65. The number of para-hydroxylation sites is 2. The molecule has 3 aromatic rings. The van der Waals surface area contributed by atoms with E-state index in [0.717, 1.165) is 34.6 Å². The number of ether oxygens (including phenoxy) is 1. The molecule has 3 aromatic carbocycles. The Morgan fingerprint density at radius 3 is 2.41 bits per heavy atom. The number of rotatable bonds is 2. The average molecular weight is 356 g/mol. The van der Waals surface area contributed by atoms with E-state index in [9.17, 15) is 5.11 Å². The molecule has 0 saturated heterocycles. The number of hydrazone groups is 1. The van der Waals surface area contributed by atoms with Crippen molar-refractivity contribution in [1.82, 2.24) is 5.01 Å². The van der Waals surface area contributed by atoms with Crippen LogP contribution in [0, 0.1) is 6.92 Å². The second-order valence-electron chi connectivity index (χ2n) is 7.08. The van der Waals surface area contributed by atoms with Gasteiger partial charge in [-0.2, -0.15) is 5.10 Å². The van der Waals surface area contributed by atoms with Crippen molar-refractivity contribution < 1.29 is 9.84 Å². The summed E-state index contributed by atoms with van der Waals surface area (Å²) in [6, 6.07) is 24.0. The fourth-order valence-electron chi connectivity index (χ4n) is 3.86. The highest BCUT2D eigenvalue weighted by Crippen LogP contribution is 2.48. The van der Waals surface area contributed by atoms with Crippen LogP contribution in [0.3, 0.4) is 0 Å². The molecule has 27 heavy (non-hydrogen) atoms. The zero-order valence-electron chi connectivity index (χ0n) is 15.0. The standard InChI is InChI=1S/C23H20N2O2/c1-15-10-12-16(13-11-15)19-14-20-17-6-3-5-9-22(17)27-23(25(20)24-19)18-7-2-4-8-21(18)26/h2-13,20,23,26H,14H2,1H3/t20-,23+/m0/s1. The molecule has 0 radical (unpaired) electrons. The Morgan fingerprint density at radius 1 is 0.926 bits per heavy atom. The van der Waals surface area contributed by atoms with Crippen LogP contribution in [0.4, 0.5) is 0 Å². The molecule has 0 saturated carbocycles. The highest BCUT2D eigenvalue weighted by atomic mass is 16.5. The number of phenolic OH excluding ortho intramolecular Hbond substituents is 1. The van der Waals surface area contributed by atoms with E-state index in [0.29, 0.717) is 0 Å². The summed E-state index contributed by atoms with van der Waals surface area (Å²) in [6.45, 7) is 2.09. The predicted octanol–water partition coefficient (Wildman–Crippen LogP) is 4.94. The lowest BCUT2D eigenvalue weighted by atomic mass is 9.95. The second kappa shape index (κ2) is 6.16. The lowest BCUT2D eigenvalue weighted by Gasteiger charge is -2.38. The fraction of sp³-hybridized carbons (Fsp3) is 0.174. The molecule has 0 bridgehead atoms. The third-order valence-corrected chi connectivity index (χ3v) is 5.29. The maximum Gasteiger partial charge on any atom is 0.217 e. The normalized spacial score (nSPS) is 20.5. The quantitative estimate of drug-likeness (QED) is 0.707. The highest BCUT2D eigenvalue weighted by molar-refractivity contribution is 6.02. The van der Waals surface area contributed by atoms with Gasteiger partial charge in [0, 0.05) is 12.0 Å². The van der Waals surface area contributed by atoms with Crippen LogP contribution in [0.25, 0.3) is 0 Å². The summed E-state index contributed by atoms with van der Waals surface area (Å²) in [5.41, 5.74) is 5.26. The summed E-state index contributed by atoms with van der Waals surface area (Å²) in [7, 11) is 0. The molecule has 2 aliphatic heterocycles. The molecular formula is C23H20N2O2. The van der Waals surface area contributed by atoms with Crippen molar-refractivity contribution >= 4 is 5.71 Å². The van der Waals surface area contributed by atoms with Gasteiger partial charge in [-0.05, 0) is 30.7 Å². The SMILES string of the molecule is Cc1ccc(C2=NN3[C@@H](c4ccccc4O)Oc4ccccc4[C@@H]3C2)cc1. The van der Waals surface area contributed by atoms with Crippen LogP contribution in [0.15, 0.2) is 77.9 Å². The first kappa shape index (κ1) is 15.9. The summed E-state index contributed by atoms with van der Waals surface area (Å²) < 4.78 is 6.27. The van der Waals surface area contributed by atoms with E-state index in [2.05, 4.69) is 37.3 Å². The third-order valence-electron chi connectivity index (χ3n) is 5.29. The molecule has 5 rings (SSSR count). The smallest absolute Gasteiger partial charge is 0.217 e. The molecule has 0 amide bonds. The van der Waals surface area contributed by atoms with Gasteiger partial charge in [-0.1, -0.05) is 60.2 Å². The molecule has 2 heterocycles. The molecule has 0 spiro atoms. The molecule has 0 fully saturated rings. The largest absolute Gasteiger partial charge is 0.507 e. The van der Waals surface area contributed by atoms with Crippen LogP contribution >= 0.6 is 0 Å². The first-order valence-corrected chi connectivity index (χ1v) is 9.17. The number of nitrogens with zero attached hydrogens (tertiary/aromatic N) is 2. The molecule has 1 N–H and O–H groups in total. The van der Waals surface area contributed by atoms with Gasteiger partial charge in [0.1, 0.15) is 11.5 Å². The Hall–Kier alpha value is -3.27. The molecule has 2 aliphatic rings. The number of hydrogen-bond acceptors (Lipinski definition) is 4. The van der Waals surface area contributed by atoms with Crippen molar-refractivity contribution in [2.75, 3.05) is 0 Å². The minimum atomic E-state index is -0.450. The van der Waals surface area contributed by atoms with Gasteiger partial charge in [-0.15, -0.1) is 0 Å². The van der Waals surface area contributed by atoms with Crippen LogP contribution in [0.5, 0.6) is 11.5 Å². The summed E-state index contributed by atoms with van der Waals surface area (Å²) >= 11 is 0. The summed E-state index contributed by atoms with van der Waals surface area (Å²) in [4.78, 5) is 0. The first-order valence-electron chi connectivity index (χ1n) is 9.17. The maximum atomic E-state index is 10.4. The van der Waals surface area contributed by atoms with Gasteiger partial charge in [0.25, 0.3) is 0 Å². The van der Waals surface area contributed by atoms with Crippen LogP contribution in [-0.4, -0.2) is 15.8 Å². The lowest BCUT2D eigenvalue weighted by molar-refractivity contribution is -0.0203. The van der Waals surface area contributed by atoms with Gasteiger partial charge in [-0.25, -0.2) is 5.01 Å². The minimum Gasteiger partial charge on any atom is -0.507 e. The molecule has 0 aliphatic carbocycles. The monoisotopic (exact) mass is 356 g/mol. The van der Waals surface area contributed by atoms with Gasteiger partial charge in [0.2, 0.25) is 6.23 Å². The lowest BCUT2D eigenvalue weighted by Crippen LogP contribution is -2.33. The topological polar surface area (TPSA) is 45.1 Å². The van der Waals surface area contributed by atoms with Crippen molar-refractivity contribution in [2.45, 2.75) is 25.6 Å². The van der Waals surface area contributed by atoms with Crippen molar-refractivity contribution in [3.63, 3.8) is 0 Å². The van der Waals surface area contributed by atoms with Crippen molar-refractivity contribution in [1.29, 1.82) is 0 Å².